The smallest absolute Gasteiger partial charge is 0.410 e. The minimum atomic E-state index is -3.82. The van der Waals surface area contributed by atoms with E-state index in [9.17, 15) is 13.2 Å². The Morgan fingerprint density at radius 1 is 1.23 bits per heavy atom. The number of nitrogens with zero attached hydrogens (tertiary/aromatic N) is 5. The zero-order valence-corrected chi connectivity index (χ0v) is 16.4. The molecule has 1 aliphatic heterocycles. The number of hydrogen-bond donors (Lipinski definition) is 0. The number of amides is 1. The fourth-order valence-electron chi connectivity index (χ4n) is 2.72. The summed E-state index contributed by atoms with van der Waals surface area (Å²) in [6, 6.07) is 0. The van der Waals surface area contributed by atoms with Crippen LogP contribution in [-0.4, -0.2) is 44.0 Å². The van der Waals surface area contributed by atoms with Crippen LogP contribution >= 0.6 is 0 Å². The molecule has 0 atom stereocenters. The summed E-state index contributed by atoms with van der Waals surface area (Å²) in [5, 5.41) is 8.37. The van der Waals surface area contributed by atoms with Gasteiger partial charge in [0, 0.05) is 24.5 Å². The van der Waals surface area contributed by atoms with Gasteiger partial charge in [0.15, 0.2) is 0 Å². The lowest BCUT2D eigenvalue weighted by Gasteiger charge is -2.24. The Morgan fingerprint density at radius 2 is 1.92 bits per heavy atom. The van der Waals surface area contributed by atoms with Gasteiger partial charge in [-0.2, -0.15) is 22.7 Å². The monoisotopic (exact) mass is 381 g/mol. The Balaban J connectivity index is 1.82. The molecular formula is C16H23N5O4S. The molecule has 0 aliphatic carbocycles. The molecule has 0 saturated carbocycles. The van der Waals surface area contributed by atoms with Crippen LogP contribution in [0.15, 0.2) is 17.3 Å². The molecule has 2 aromatic heterocycles. The summed E-state index contributed by atoms with van der Waals surface area (Å²) in [5.41, 5.74) is 1.09. The third kappa shape index (κ3) is 3.33. The average Bonchev–Trinajstić information content (AvgIpc) is 3.17. The number of rotatable bonds is 3. The van der Waals surface area contributed by atoms with Crippen molar-refractivity contribution in [2.24, 2.45) is 0 Å². The fourth-order valence-corrected chi connectivity index (χ4v) is 4.06. The van der Waals surface area contributed by atoms with Gasteiger partial charge in [0.2, 0.25) is 0 Å². The van der Waals surface area contributed by atoms with Gasteiger partial charge >= 0.3 is 6.09 Å². The molecule has 9 nitrogen and oxygen atoms in total. The van der Waals surface area contributed by atoms with E-state index in [0.29, 0.717) is 23.5 Å². The molecule has 10 heteroatoms. The first kappa shape index (κ1) is 18.4. The molecular weight excluding hydrogens is 358 g/mol. The Labute approximate surface area is 152 Å². The SMILES string of the molecule is CCn1cc(S(=O)(=O)n2cc3c(n2)CN(C(=O)OC(C)(C)C)C3)c(C)n1. The minimum absolute atomic E-state index is 0.129. The van der Waals surface area contributed by atoms with Crippen LogP contribution in [0.4, 0.5) is 4.79 Å². The number of ether oxygens (including phenoxy) is 1. The van der Waals surface area contributed by atoms with Crippen molar-refractivity contribution in [1.82, 2.24) is 23.9 Å². The quantitative estimate of drug-likeness (QED) is 0.805. The third-order valence-electron chi connectivity index (χ3n) is 3.96. The number of aryl methyl sites for hydroxylation is 2. The standard InChI is InChI=1S/C16H23N5O4S/c1-6-20-10-14(11(2)17-20)26(23,24)21-8-12-7-19(9-13(12)18-21)15(22)25-16(3,4)5/h8,10H,6-7,9H2,1-5H3. The van der Waals surface area contributed by atoms with E-state index in [1.54, 1.807) is 32.4 Å². The first-order chi connectivity index (χ1) is 12.0. The largest absolute Gasteiger partial charge is 0.444 e. The molecule has 1 aliphatic rings. The maximum absolute atomic E-state index is 12.8. The predicted octanol–water partition coefficient (Wildman–Crippen LogP) is 1.90. The first-order valence-corrected chi connectivity index (χ1v) is 9.80. The van der Waals surface area contributed by atoms with Crippen molar-refractivity contribution in [3.8, 4) is 0 Å². The van der Waals surface area contributed by atoms with Gasteiger partial charge < -0.3 is 4.74 Å². The van der Waals surface area contributed by atoms with Gasteiger partial charge in [-0.05, 0) is 34.6 Å². The topological polar surface area (TPSA) is 99.3 Å². The molecule has 142 valence electrons. The van der Waals surface area contributed by atoms with Gasteiger partial charge in [0.25, 0.3) is 10.0 Å². The zero-order valence-electron chi connectivity index (χ0n) is 15.6. The molecule has 0 aromatic carbocycles. The first-order valence-electron chi connectivity index (χ1n) is 8.36. The van der Waals surface area contributed by atoms with Crippen LogP contribution in [0.3, 0.4) is 0 Å². The molecule has 26 heavy (non-hydrogen) atoms. The second-order valence-corrected chi connectivity index (χ2v) is 9.01. The second-order valence-electron chi connectivity index (χ2n) is 7.25. The summed E-state index contributed by atoms with van der Waals surface area (Å²) in [4.78, 5) is 13.8. The molecule has 1 amide bonds. The van der Waals surface area contributed by atoms with E-state index in [2.05, 4.69) is 10.2 Å². The third-order valence-corrected chi connectivity index (χ3v) is 5.60. The second kappa shape index (κ2) is 6.11. The van der Waals surface area contributed by atoms with Gasteiger partial charge in [-0.25, -0.2) is 4.79 Å². The van der Waals surface area contributed by atoms with Gasteiger partial charge in [0.1, 0.15) is 10.5 Å². The van der Waals surface area contributed by atoms with E-state index in [-0.39, 0.29) is 18.0 Å². The van der Waals surface area contributed by atoms with Crippen LogP contribution in [0.1, 0.15) is 44.6 Å². The fraction of sp³-hybridized carbons (Fsp3) is 0.562. The van der Waals surface area contributed by atoms with E-state index in [0.717, 1.165) is 4.09 Å². The predicted molar refractivity (Wildman–Crippen MR) is 92.9 cm³/mol. The molecule has 0 N–H and O–H groups in total. The van der Waals surface area contributed by atoms with Crippen molar-refractivity contribution in [3.05, 3.63) is 29.3 Å². The molecule has 0 fully saturated rings. The van der Waals surface area contributed by atoms with Gasteiger partial charge in [-0.15, -0.1) is 0 Å². The summed E-state index contributed by atoms with van der Waals surface area (Å²) < 4.78 is 33.6. The highest BCUT2D eigenvalue weighted by Gasteiger charge is 2.32. The average molecular weight is 381 g/mol. The number of hydrogen-bond acceptors (Lipinski definition) is 6. The summed E-state index contributed by atoms with van der Waals surface area (Å²) in [6.07, 6.45) is 2.52. The minimum Gasteiger partial charge on any atom is -0.444 e. The van der Waals surface area contributed by atoms with Crippen LogP contribution in [-0.2, 0) is 34.4 Å². The number of carbonyl (C=O) groups is 1. The van der Waals surface area contributed by atoms with Crippen molar-refractivity contribution in [2.45, 2.75) is 64.7 Å². The maximum Gasteiger partial charge on any atom is 0.410 e. The van der Waals surface area contributed by atoms with Crippen LogP contribution in [0.2, 0.25) is 0 Å². The molecule has 0 unspecified atom stereocenters. The molecule has 3 rings (SSSR count). The Morgan fingerprint density at radius 3 is 2.46 bits per heavy atom. The van der Waals surface area contributed by atoms with Crippen molar-refractivity contribution < 1.29 is 17.9 Å². The van der Waals surface area contributed by atoms with Crippen LogP contribution in [0.5, 0.6) is 0 Å². The summed E-state index contributed by atoms with van der Waals surface area (Å²) in [6.45, 7) is 10.0. The van der Waals surface area contributed by atoms with Crippen LogP contribution < -0.4 is 0 Å². The number of fused-ring (bicyclic) bond motifs is 1. The van der Waals surface area contributed by atoms with E-state index in [1.165, 1.54) is 17.3 Å². The molecule has 3 heterocycles. The van der Waals surface area contributed by atoms with Gasteiger partial charge in [0.05, 0.1) is 24.5 Å². The Kier molecular flexibility index (Phi) is 4.33. The van der Waals surface area contributed by atoms with Crippen LogP contribution in [0.25, 0.3) is 0 Å². The normalized spacial score (nSPS) is 14.6. The van der Waals surface area contributed by atoms with Gasteiger partial charge in [-0.3, -0.25) is 9.58 Å². The summed E-state index contributed by atoms with van der Waals surface area (Å²) in [7, 11) is -3.82. The molecule has 0 spiro atoms. The summed E-state index contributed by atoms with van der Waals surface area (Å²) >= 11 is 0. The highest BCUT2D eigenvalue weighted by atomic mass is 32.2. The lowest BCUT2D eigenvalue weighted by molar-refractivity contribution is 0.0239. The molecule has 0 radical (unpaired) electrons. The van der Waals surface area contributed by atoms with E-state index in [4.69, 9.17) is 4.74 Å². The molecule has 2 aromatic rings. The van der Waals surface area contributed by atoms with Crippen molar-refractivity contribution in [3.63, 3.8) is 0 Å². The number of aromatic nitrogens is 4. The highest BCUT2D eigenvalue weighted by Crippen LogP contribution is 2.26. The highest BCUT2D eigenvalue weighted by molar-refractivity contribution is 7.89. The molecule has 0 bridgehead atoms. The van der Waals surface area contributed by atoms with Gasteiger partial charge in [-0.1, -0.05) is 0 Å². The van der Waals surface area contributed by atoms with Crippen molar-refractivity contribution in [2.75, 3.05) is 0 Å². The Hall–Kier alpha value is -2.36. The van der Waals surface area contributed by atoms with Crippen LogP contribution in [0, 0.1) is 6.92 Å². The number of carbonyl (C=O) groups excluding carboxylic acids is 1. The van der Waals surface area contributed by atoms with Crippen molar-refractivity contribution >= 4 is 16.1 Å². The zero-order chi connectivity index (χ0) is 19.3. The summed E-state index contributed by atoms with van der Waals surface area (Å²) in [5.74, 6) is 0. The lowest BCUT2D eigenvalue weighted by atomic mass is 10.2. The molecule has 0 saturated heterocycles. The van der Waals surface area contributed by atoms with E-state index in [1.807, 2.05) is 6.92 Å². The lowest BCUT2D eigenvalue weighted by Crippen LogP contribution is -2.33. The Bertz CT molecular complexity index is 928. The van der Waals surface area contributed by atoms with E-state index < -0.39 is 21.7 Å². The van der Waals surface area contributed by atoms with Crippen molar-refractivity contribution in [1.29, 1.82) is 0 Å². The van der Waals surface area contributed by atoms with E-state index >= 15 is 0 Å². The maximum atomic E-state index is 12.8.